The van der Waals surface area contributed by atoms with Crippen molar-refractivity contribution in [2.24, 2.45) is 0 Å². The van der Waals surface area contributed by atoms with Crippen LogP contribution in [0.3, 0.4) is 0 Å². The van der Waals surface area contributed by atoms with E-state index in [9.17, 15) is 9.59 Å². The number of carboxylic acid groups (broad SMARTS) is 1. The molecule has 94 valence electrons. The van der Waals surface area contributed by atoms with Crippen molar-refractivity contribution in [1.82, 2.24) is 4.98 Å². The molecule has 0 aliphatic carbocycles. The molecule has 17 heavy (non-hydrogen) atoms. The van der Waals surface area contributed by atoms with E-state index < -0.39 is 12.6 Å². The molecule has 2 N–H and O–H groups in total. The minimum atomic E-state index is -1.05. The fraction of sp³-hybridized carbons (Fsp3) is 0.455. The highest BCUT2D eigenvalue weighted by atomic mass is 16.5. The number of pyridine rings is 1. The van der Waals surface area contributed by atoms with Crippen molar-refractivity contribution in [3.63, 3.8) is 0 Å². The quantitative estimate of drug-likeness (QED) is 0.735. The molecule has 0 saturated carbocycles. The second-order valence-corrected chi connectivity index (χ2v) is 3.42. The zero-order valence-electron chi connectivity index (χ0n) is 9.56. The van der Waals surface area contributed by atoms with Gasteiger partial charge in [-0.2, -0.15) is 0 Å². The van der Waals surface area contributed by atoms with E-state index in [2.05, 4.69) is 4.98 Å². The Labute approximate surface area is 98.2 Å². The number of hydrogen-bond donors (Lipinski definition) is 2. The highest BCUT2D eigenvalue weighted by molar-refractivity contribution is 5.67. The van der Waals surface area contributed by atoms with Crippen LogP contribution in [0.2, 0.25) is 0 Å². The SMILES string of the molecule is CCCOc1c[nH]c(COCC(=O)O)cc1=O. The molecule has 6 heteroatoms. The van der Waals surface area contributed by atoms with Gasteiger partial charge in [0.15, 0.2) is 5.75 Å². The fourth-order valence-electron chi connectivity index (χ4n) is 1.16. The van der Waals surface area contributed by atoms with Crippen LogP contribution in [0.4, 0.5) is 0 Å². The van der Waals surface area contributed by atoms with Crippen LogP contribution >= 0.6 is 0 Å². The number of rotatable bonds is 7. The summed E-state index contributed by atoms with van der Waals surface area (Å²) in [5, 5.41) is 8.37. The second-order valence-electron chi connectivity index (χ2n) is 3.42. The number of hydrogen-bond acceptors (Lipinski definition) is 4. The molecule has 0 aliphatic rings. The number of carboxylic acids is 1. The summed E-state index contributed by atoms with van der Waals surface area (Å²) in [6, 6.07) is 1.34. The molecule has 1 aromatic rings. The molecule has 0 fully saturated rings. The minimum Gasteiger partial charge on any atom is -0.488 e. The van der Waals surface area contributed by atoms with Crippen LogP contribution in [-0.4, -0.2) is 29.3 Å². The first-order valence-electron chi connectivity index (χ1n) is 5.27. The molecule has 0 aliphatic heterocycles. The number of ether oxygens (including phenoxy) is 2. The smallest absolute Gasteiger partial charge is 0.329 e. The summed E-state index contributed by atoms with van der Waals surface area (Å²) in [5.74, 6) is -0.788. The average Bonchev–Trinajstić information content (AvgIpc) is 2.27. The highest BCUT2D eigenvalue weighted by Crippen LogP contribution is 2.03. The van der Waals surface area contributed by atoms with Gasteiger partial charge in [-0.05, 0) is 6.42 Å². The van der Waals surface area contributed by atoms with Gasteiger partial charge in [0.2, 0.25) is 5.43 Å². The van der Waals surface area contributed by atoms with Gasteiger partial charge in [0, 0.05) is 18.0 Å². The minimum absolute atomic E-state index is 0.0512. The van der Waals surface area contributed by atoms with Crippen LogP contribution in [0.15, 0.2) is 17.1 Å². The molecule has 0 radical (unpaired) electrons. The number of aliphatic carboxylic acids is 1. The molecule has 1 aromatic heterocycles. The predicted molar refractivity (Wildman–Crippen MR) is 60.1 cm³/mol. The Morgan fingerprint density at radius 1 is 1.53 bits per heavy atom. The summed E-state index contributed by atoms with van der Waals surface area (Å²) in [6.45, 7) is 2.09. The van der Waals surface area contributed by atoms with E-state index in [1.165, 1.54) is 12.3 Å². The molecular formula is C11H15NO5. The number of aromatic amines is 1. The van der Waals surface area contributed by atoms with Crippen molar-refractivity contribution >= 4 is 5.97 Å². The Kier molecular flexibility index (Phi) is 5.22. The maximum Gasteiger partial charge on any atom is 0.329 e. The van der Waals surface area contributed by atoms with Crippen molar-refractivity contribution < 1.29 is 19.4 Å². The number of H-pyrrole nitrogens is 1. The summed E-state index contributed by atoms with van der Waals surface area (Å²) in [4.78, 5) is 24.6. The normalized spacial score (nSPS) is 10.2. The summed E-state index contributed by atoms with van der Waals surface area (Å²) in [7, 11) is 0. The first-order valence-corrected chi connectivity index (χ1v) is 5.27. The van der Waals surface area contributed by atoms with Crippen LogP contribution < -0.4 is 10.2 Å². The van der Waals surface area contributed by atoms with Gasteiger partial charge in [-0.25, -0.2) is 4.79 Å². The van der Waals surface area contributed by atoms with Crippen LogP contribution in [0.25, 0.3) is 0 Å². The molecular weight excluding hydrogens is 226 g/mol. The standard InChI is InChI=1S/C11H15NO5/c1-2-3-17-10-5-12-8(4-9(10)13)6-16-7-11(14)15/h4-5H,2-3,6-7H2,1H3,(H,12,13)(H,14,15). The van der Waals surface area contributed by atoms with Gasteiger partial charge in [0.05, 0.1) is 13.2 Å². The third-order valence-electron chi connectivity index (χ3n) is 1.88. The van der Waals surface area contributed by atoms with Crippen LogP contribution in [0.5, 0.6) is 5.75 Å². The van der Waals surface area contributed by atoms with Crippen molar-refractivity contribution in [2.75, 3.05) is 13.2 Å². The zero-order chi connectivity index (χ0) is 12.7. The summed E-state index contributed by atoms with van der Waals surface area (Å²) in [6.07, 6.45) is 2.28. The topological polar surface area (TPSA) is 88.6 Å². The largest absolute Gasteiger partial charge is 0.488 e. The Morgan fingerprint density at radius 2 is 2.29 bits per heavy atom. The molecule has 0 saturated heterocycles. The van der Waals surface area contributed by atoms with E-state index >= 15 is 0 Å². The third kappa shape index (κ3) is 4.69. The maximum absolute atomic E-state index is 11.5. The van der Waals surface area contributed by atoms with Gasteiger partial charge in [-0.3, -0.25) is 4.79 Å². The van der Waals surface area contributed by atoms with E-state index in [1.54, 1.807) is 0 Å². The first kappa shape index (κ1) is 13.2. The highest BCUT2D eigenvalue weighted by Gasteiger charge is 2.03. The van der Waals surface area contributed by atoms with Gasteiger partial charge < -0.3 is 19.6 Å². The van der Waals surface area contributed by atoms with Gasteiger partial charge >= 0.3 is 5.97 Å². The Hall–Kier alpha value is -1.82. The Morgan fingerprint density at radius 3 is 2.88 bits per heavy atom. The van der Waals surface area contributed by atoms with E-state index in [4.69, 9.17) is 14.6 Å². The zero-order valence-corrected chi connectivity index (χ0v) is 9.56. The lowest BCUT2D eigenvalue weighted by atomic mass is 10.3. The van der Waals surface area contributed by atoms with E-state index in [0.717, 1.165) is 6.42 Å². The monoisotopic (exact) mass is 241 g/mol. The van der Waals surface area contributed by atoms with Crippen LogP contribution in [-0.2, 0) is 16.1 Å². The first-order chi connectivity index (χ1) is 8.13. The van der Waals surface area contributed by atoms with E-state index in [1.807, 2.05) is 6.92 Å². The van der Waals surface area contributed by atoms with Gasteiger partial charge in [-0.15, -0.1) is 0 Å². The number of nitrogens with one attached hydrogen (secondary N) is 1. The molecule has 0 bridgehead atoms. The summed E-state index contributed by atoms with van der Waals surface area (Å²) >= 11 is 0. The van der Waals surface area contributed by atoms with Crippen molar-refractivity contribution in [3.8, 4) is 5.75 Å². The number of aromatic nitrogens is 1. The van der Waals surface area contributed by atoms with E-state index in [0.29, 0.717) is 12.3 Å². The van der Waals surface area contributed by atoms with E-state index in [-0.39, 0.29) is 17.8 Å². The molecule has 6 nitrogen and oxygen atoms in total. The van der Waals surface area contributed by atoms with Gasteiger partial charge in [-0.1, -0.05) is 6.92 Å². The fourth-order valence-corrected chi connectivity index (χ4v) is 1.16. The van der Waals surface area contributed by atoms with Gasteiger partial charge in [0.25, 0.3) is 0 Å². The Bertz CT molecular complexity index is 426. The average molecular weight is 241 g/mol. The molecule has 0 unspecified atom stereocenters. The second kappa shape index (κ2) is 6.70. The lowest BCUT2D eigenvalue weighted by Gasteiger charge is -2.05. The molecule has 0 spiro atoms. The third-order valence-corrected chi connectivity index (χ3v) is 1.88. The van der Waals surface area contributed by atoms with Crippen molar-refractivity contribution in [1.29, 1.82) is 0 Å². The molecule has 1 rings (SSSR count). The molecule has 0 aromatic carbocycles. The maximum atomic E-state index is 11.5. The molecule has 1 heterocycles. The van der Waals surface area contributed by atoms with Crippen molar-refractivity contribution in [3.05, 3.63) is 28.2 Å². The van der Waals surface area contributed by atoms with Gasteiger partial charge in [0.1, 0.15) is 6.61 Å². The Balaban J connectivity index is 2.56. The summed E-state index contributed by atoms with van der Waals surface area (Å²) in [5.41, 5.74) is 0.270. The number of carbonyl (C=O) groups is 1. The summed E-state index contributed by atoms with van der Waals surface area (Å²) < 4.78 is 10.1. The van der Waals surface area contributed by atoms with Crippen molar-refractivity contribution in [2.45, 2.75) is 20.0 Å². The van der Waals surface area contributed by atoms with Crippen LogP contribution in [0, 0.1) is 0 Å². The predicted octanol–water partition coefficient (Wildman–Crippen LogP) is 0.765. The molecule has 0 amide bonds. The lowest BCUT2D eigenvalue weighted by Crippen LogP contribution is -2.12. The lowest BCUT2D eigenvalue weighted by molar-refractivity contribution is -0.142. The van der Waals surface area contributed by atoms with Crippen LogP contribution in [0.1, 0.15) is 19.0 Å². The molecule has 0 atom stereocenters.